The smallest absolute Gasteiger partial charge is 0.243 e. The maximum atomic E-state index is 11.9. The van der Waals surface area contributed by atoms with Crippen molar-refractivity contribution < 1.29 is 4.79 Å². The summed E-state index contributed by atoms with van der Waals surface area (Å²) in [6.07, 6.45) is 0. The summed E-state index contributed by atoms with van der Waals surface area (Å²) in [5.74, 6) is 0.769. The van der Waals surface area contributed by atoms with Crippen molar-refractivity contribution in [3.8, 4) is 0 Å². The van der Waals surface area contributed by atoms with Gasteiger partial charge in [0.2, 0.25) is 5.91 Å². The Morgan fingerprint density at radius 3 is 2.41 bits per heavy atom. The molecule has 0 spiro atoms. The van der Waals surface area contributed by atoms with Crippen molar-refractivity contribution in [2.45, 2.75) is 13.5 Å². The number of likely N-dealkylation sites (N-methyl/N-ethyl adjacent to an activating group) is 1. The highest BCUT2D eigenvalue weighted by molar-refractivity contribution is 6.30. The van der Waals surface area contributed by atoms with Crippen LogP contribution in [0.5, 0.6) is 0 Å². The van der Waals surface area contributed by atoms with Crippen LogP contribution in [0.3, 0.4) is 0 Å². The Morgan fingerprint density at radius 1 is 1.22 bits per heavy atom. The van der Waals surface area contributed by atoms with Crippen molar-refractivity contribution in [3.63, 3.8) is 0 Å². The number of nitrogens with zero attached hydrogens (tertiary/aromatic N) is 4. The first kappa shape index (κ1) is 21.3. The minimum atomic E-state index is -0.00833. The van der Waals surface area contributed by atoms with E-state index in [-0.39, 0.29) is 12.5 Å². The summed E-state index contributed by atoms with van der Waals surface area (Å²) < 4.78 is 0. The van der Waals surface area contributed by atoms with Gasteiger partial charge in [-0.1, -0.05) is 35.9 Å². The van der Waals surface area contributed by atoms with Crippen molar-refractivity contribution in [2.24, 2.45) is 4.99 Å². The van der Waals surface area contributed by atoms with Crippen LogP contribution in [0.1, 0.15) is 12.5 Å². The Bertz CT molecular complexity index is 663. The molecule has 6 nitrogen and oxygen atoms in total. The van der Waals surface area contributed by atoms with E-state index >= 15 is 0 Å². The molecule has 1 amide bonds. The number of carbonyl (C=O) groups is 1. The quantitative estimate of drug-likeness (QED) is 0.458. The molecule has 1 heterocycles. The van der Waals surface area contributed by atoms with Gasteiger partial charge in [0.05, 0.1) is 0 Å². The number of carbonyl (C=O) groups excluding carboxylic acids is 1. The second kappa shape index (κ2) is 10.3. The monoisotopic (exact) mass is 391 g/mol. The summed E-state index contributed by atoms with van der Waals surface area (Å²) >= 11 is 5.96. The van der Waals surface area contributed by atoms with Gasteiger partial charge in [0.15, 0.2) is 5.96 Å². The van der Waals surface area contributed by atoms with E-state index in [4.69, 9.17) is 11.6 Å². The molecule has 1 saturated heterocycles. The lowest BCUT2D eigenvalue weighted by Crippen LogP contribution is -2.52. The molecule has 148 valence electrons. The number of rotatable bonds is 6. The number of aliphatic imine (C=N–C) groups is 1. The van der Waals surface area contributed by atoms with Crippen LogP contribution in [0.15, 0.2) is 41.4 Å². The Balaban J connectivity index is 1.93. The molecule has 1 aromatic carbocycles. The predicted octanol–water partition coefficient (Wildman–Crippen LogP) is 2.07. The second-order valence-corrected chi connectivity index (χ2v) is 7.56. The van der Waals surface area contributed by atoms with E-state index in [0.717, 1.165) is 49.3 Å². The number of guanidine groups is 1. The number of hydrogen-bond acceptors (Lipinski definition) is 3. The van der Waals surface area contributed by atoms with Gasteiger partial charge in [-0.25, -0.2) is 4.99 Å². The molecule has 0 saturated carbocycles. The van der Waals surface area contributed by atoms with E-state index in [0.29, 0.717) is 6.54 Å². The third-order valence-electron chi connectivity index (χ3n) is 4.40. The second-order valence-electron chi connectivity index (χ2n) is 7.13. The van der Waals surface area contributed by atoms with E-state index in [1.54, 1.807) is 19.0 Å². The van der Waals surface area contributed by atoms with Gasteiger partial charge >= 0.3 is 0 Å². The van der Waals surface area contributed by atoms with Crippen LogP contribution >= 0.6 is 11.6 Å². The third kappa shape index (κ3) is 7.23. The Kier molecular flexibility index (Phi) is 8.13. The van der Waals surface area contributed by atoms with E-state index in [1.807, 2.05) is 19.1 Å². The fourth-order valence-electron chi connectivity index (χ4n) is 2.75. The molecule has 7 heteroatoms. The van der Waals surface area contributed by atoms with Gasteiger partial charge in [0, 0.05) is 58.4 Å². The van der Waals surface area contributed by atoms with Crippen LogP contribution in [0.4, 0.5) is 0 Å². The molecule has 0 bridgehead atoms. The molecule has 1 aromatic rings. The van der Waals surface area contributed by atoms with Crippen molar-refractivity contribution >= 4 is 23.5 Å². The number of halogens is 1. The highest BCUT2D eigenvalue weighted by Gasteiger charge is 2.20. The maximum absolute atomic E-state index is 11.9. The van der Waals surface area contributed by atoms with Crippen LogP contribution in [-0.4, -0.2) is 79.9 Å². The first-order valence-electron chi connectivity index (χ1n) is 9.19. The molecule has 0 radical (unpaired) electrons. The fourth-order valence-corrected chi connectivity index (χ4v) is 2.87. The summed E-state index contributed by atoms with van der Waals surface area (Å²) in [5.41, 5.74) is 2.29. The van der Waals surface area contributed by atoms with Gasteiger partial charge in [-0.2, -0.15) is 0 Å². The molecule has 1 fully saturated rings. The minimum Gasteiger partial charge on any atom is -0.353 e. The highest BCUT2D eigenvalue weighted by Crippen LogP contribution is 2.13. The zero-order valence-corrected chi connectivity index (χ0v) is 17.3. The average molecular weight is 392 g/mol. The molecule has 1 N–H and O–H groups in total. The van der Waals surface area contributed by atoms with Crippen molar-refractivity contribution in [2.75, 3.05) is 53.4 Å². The summed E-state index contributed by atoms with van der Waals surface area (Å²) in [5, 5.41) is 4.09. The SMILES string of the molecule is C=C(C)CNC(=NCC(=O)N(C)C)N1CCN(Cc2ccc(Cl)cc2)CC1. The summed E-state index contributed by atoms with van der Waals surface area (Å²) in [4.78, 5) is 22.6. The normalized spacial score (nSPS) is 15.6. The van der Waals surface area contributed by atoms with Gasteiger partial charge in [-0.05, 0) is 24.6 Å². The van der Waals surface area contributed by atoms with E-state index in [1.165, 1.54) is 5.56 Å². The maximum Gasteiger partial charge on any atom is 0.243 e. The summed E-state index contributed by atoms with van der Waals surface area (Å²) in [6.45, 7) is 11.2. The predicted molar refractivity (Wildman–Crippen MR) is 112 cm³/mol. The topological polar surface area (TPSA) is 51.2 Å². The first-order valence-corrected chi connectivity index (χ1v) is 9.57. The van der Waals surface area contributed by atoms with Crippen LogP contribution in [-0.2, 0) is 11.3 Å². The van der Waals surface area contributed by atoms with Crippen LogP contribution in [0.25, 0.3) is 0 Å². The Morgan fingerprint density at radius 2 is 1.85 bits per heavy atom. The molecular weight excluding hydrogens is 362 g/mol. The zero-order chi connectivity index (χ0) is 19.8. The molecule has 0 aromatic heterocycles. The van der Waals surface area contributed by atoms with Gasteiger partial charge in [-0.3, -0.25) is 9.69 Å². The third-order valence-corrected chi connectivity index (χ3v) is 4.65. The largest absolute Gasteiger partial charge is 0.353 e. The van der Waals surface area contributed by atoms with Crippen LogP contribution in [0, 0.1) is 0 Å². The standard InChI is InChI=1S/C20H30ClN5O/c1-16(2)13-22-20(23-14-19(27)24(3)4)26-11-9-25(10-12-26)15-17-5-7-18(21)8-6-17/h5-8H,1,9-15H2,2-4H3,(H,22,23). The average Bonchev–Trinajstić information content (AvgIpc) is 2.64. The van der Waals surface area contributed by atoms with Gasteiger partial charge in [0.25, 0.3) is 0 Å². The first-order chi connectivity index (χ1) is 12.8. The molecular formula is C20H30ClN5O. The lowest BCUT2D eigenvalue weighted by Gasteiger charge is -2.36. The van der Waals surface area contributed by atoms with Crippen LogP contribution < -0.4 is 5.32 Å². The summed E-state index contributed by atoms with van der Waals surface area (Å²) in [6, 6.07) is 8.01. The van der Waals surface area contributed by atoms with Gasteiger partial charge < -0.3 is 15.1 Å². The molecule has 1 aliphatic heterocycles. The minimum absolute atomic E-state index is 0.00833. The summed E-state index contributed by atoms with van der Waals surface area (Å²) in [7, 11) is 3.49. The number of amides is 1. The number of piperazine rings is 1. The van der Waals surface area contributed by atoms with Gasteiger partial charge in [0.1, 0.15) is 6.54 Å². The molecule has 1 aliphatic rings. The van der Waals surface area contributed by atoms with Gasteiger partial charge in [-0.15, -0.1) is 0 Å². The lowest BCUT2D eigenvalue weighted by molar-refractivity contribution is -0.127. The Labute approximate surface area is 167 Å². The molecule has 0 atom stereocenters. The molecule has 0 unspecified atom stereocenters. The van der Waals surface area contributed by atoms with Crippen molar-refractivity contribution in [1.82, 2.24) is 20.0 Å². The number of nitrogens with one attached hydrogen (secondary N) is 1. The van der Waals surface area contributed by atoms with E-state index in [2.05, 4.69) is 38.8 Å². The highest BCUT2D eigenvalue weighted by atomic mass is 35.5. The number of hydrogen-bond donors (Lipinski definition) is 1. The van der Waals surface area contributed by atoms with E-state index < -0.39 is 0 Å². The van der Waals surface area contributed by atoms with Crippen LogP contribution in [0.2, 0.25) is 5.02 Å². The number of benzene rings is 1. The fraction of sp³-hybridized carbons (Fsp3) is 0.500. The molecule has 0 aliphatic carbocycles. The Hall–Kier alpha value is -2.05. The van der Waals surface area contributed by atoms with E-state index in [9.17, 15) is 4.79 Å². The molecule has 27 heavy (non-hydrogen) atoms. The lowest BCUT2D eigenvalue weighted by atomic mass is 10.2. The molecule has 2 rings (SSSR count). The van der Waals surface area contributed by atoms with Crippen molar-refractivity contribution in [3.05, 3.63) is 47.0 Å². The van der Waals surface area contributed by atoms with Crippen molar-refractivity contribution in [1.29, 1.82) is 0 Å². The zero-order valence-electron chi connectivity index (χ0n) is 16.5.